The van der Waals surface area contributed by atoms with E-state index in [1.54, 1.807) is 18.4 Å². The Balaban J connectivity index is 2.47. The highest BCUT2D eigenvalue weighted by atomic mass is 32.1. The number of benzene rings is 1. The molecule has 2 aromatic rings. The lowest BCUT2D eigenvalue weighted by molar-refractivity contribution is 0.411. The Hall–Kier alpha value is -1.39. The largest absolute Gasteiger partial charge is 0.496 e. The van der Waals surface area contributed by atoms with Gasteiger partial charge in [-0.05, 0) is 44.0 Å². The van der Waals surface area contributed by atoms with Crippen molar-refractivity contribution in [1.82, 2.24) is 4.98 Å². The van der Waals surface area contributed by atoms with Crippen LogP contribution in [0.2, 0.25) is 0 Å². The number of ether oxygens (including phenoxy) is 1. The zero-order chi connectivity index (χ0) is 13.3. The Labute approximate surface area is 112 Å². The molecule has 3 nitrogen and oxygen atoms in total. The summed E-state index contributed by atoms with van der Waals surface area (Å²) < 4.78 is 5.32. The van der Waals surface area contributed by atoms with E-state index in [-0.39, 0.29) is 6.04 Å². The van der Waals surface area contributed by atoms with Crippen LogP contribution in [0.3, 0.4) is 0 Å². The Morgan fingerprint density at radius 2 is 2.00 bits per heavy atom. The van der Waals surface area contributed by atoms with E-state index in [9.17, 15) is 0 Å². The maximum atomic E-state index is 5.85. The maximum Gasteiger partial charge on any atom is 0.122 e. The number of nitrogens with zero attached hydrogens (tertiary/aromatic N) is 1. The van der Waals surface area contributed by atoms with Crippen molar-refractivity contribution in [3.63, 3.8) is 0 Å². The summed E-state index contributed by atoms with van der Waals surface area (Å²) in [4.78, 5) is 4.59. The second-order valence-electron chi connectivity index (χ2n) is 4.43. The monoisotopic (exact) mass is 262 g/mol. The van der Waals surface area contributed by atoms with Crippen LogP contribution in [0.4, 0.5) is 0 Å². The zero-order valence-corrected chi connectivity index (χ0v) is 12.0. The van der Waals surface area contributed by atoms with Gasteiger partial charge in [0.05, 0.1) is 18.8 Å². The predicted molar refractivity (Wildman–Crippen MR) is 76.2 cm³/mol. The third kappa shape index (κ3) is 2.26. The fraction of sp³-hybridized carbons (Fsp3) is 0.357. The molecule has 1 unspecified atom stereocenters. The SMILES string of the molecule is COc1ccc(-c2csc(C(C)N)n2)c(C)c1C. The third-order valence-corrected chi connectivity index (χ3v) is 4.19. The normalized spacial score (nSPS) is 12.5. The van der Waals surface area contributed by atoms with Gasteiger partial charge in [0.2, 0.25) is 0 Å². The predicted octanol–water partition coefficient (Wildman–Crippen LogP) is 3.46. The molecule has 0 saturated heterocycles. The van der Waals surface area contributed by atoms with E-state index in [2.05, 4.69) is 30.3 Å². The molecule has 2 rings (SSSR count). The van der Waals surface area contributed by atoms with E-state index < -0.39 is 0 Å². The molecule has 2 N–H and O–H groups in total. The van der Waals surface area contributed by atoms with E-state index in [0.29, 0.717) is 0 Å². The number of nitrogens with two attached hydrogens (primary N) is 1. The molecule has 0 saturated carbocycles. The molecule has 0 fully saturated rings. The maximum absolute atomic E-state index is 5.85. The molecule has 1 heterocycles. The fourth-order valence-corrected chi connectivity index (χ4v) is 2.69. The van der Waals surface area contributed by atoms with Gasteiger partial charge in [-0.25, -0.2) is 4.98 Å². The first-order valence-corrected chi connectivity index (χ1v) is 6.78. The summed E-state index contributed by atoms with van der Waals surface area (Å²) in [5, 5.41) is 3.03. The van der Waals surface area contributed by atoms with E-state index in [1.807, 2.05) is 13.0 Å². The van der Waals surface area contributed by atoms with Gasteiger partial charge in [-0.15, -0.1) is 11.3 Å². The van der Waals surface area contributed by atoms with Crippen molar-refractivity contribution in [3.05, 3.63) is 33.6 Å². The van der Waals surface area contributed by atoms with Crippen LogP contribution in [0.25, 0.3) is 11.3 Å². The summed E-state index contributed by atoms with van der Waals surface area (Å²) in [6.07, 6.45) is 0. The van der Waals surface area contributed by atoms with E-state index in [1.165, 1.54) is 5.56 Å². The Bertz CT molecular complexity index is 561. The number of aromatic nitrogens is 1. The van der Waals surface area contributed by atoms with Crippen molar-refractivity contribution in [2.45, 2.75) is 26.8 Å². The summed E-state index contributed by atoms with van der Waals surface area (Å²) >= 11 is 1.61. The molecule has 0 spiro atoms. The number of hydrogen-bond acceptors (Lipinski definition) is 4. The quantitative estimate of drug-likeness (QED) is 0.921. The number of hydrogen-bond donors (Lipinski definition) is 1. The number of rotatable bonds is 3. The second kappa shape index (κ2) is 5.08. The standard InChI is InChI=1S/C14H18N2OS/c1-8-9(2)13(17-4)6-5-11(8)12-7-18-14(16-12)10(3)15/h5-7,10H,15H2,1-4H3. The van der Waals surface area contributed by atoms with Crippen molar-refractivity contribution < 1.29 is 4.74 Å². The first-order chi connectivity index (χ1) is 8.54. The molecular formula is C14H18N2OS. The molecular weight excluding hydrogens is 244 g/mol. The van der Waals surface area contributed by atoms with Gasteiger partial charge in [0.15, 0.2) is 0 Å². The summed E-state index contributed by atoms with van der Waals surface area (Å²) in [5.74, 6) is 0.916. The van der Waals surface area contributed by atoms with Crippen molar-refractivity contribution in [3.8, 4) is 17.0 Å². The highest BCUT2D eigenvalue weighted by Crippen LogP contribution is 2.32. The Kier molecular flexibility index (Phi) is 3.68. The molecule has 0 aliphatic heterocycles. The van der Waals surface area contributed by atoms with Gasteiger partial charge >= 0.3 is 0 Å². The van der Waals surface area contributed by atoms with E-state index in [4.69, 9.17) is 10.5 Å². The summed E-state index contributed by atoms with van der Waals surface area (Å²) in [7, 11) is 1.69. The highest BCUT2D eigenvalue weighted by molar-refractivity contribution is 7.10. The average molecular weight is 262 g/mol. The van der Waals surface area contributed by atoms with Crippen LogP contribution in [0.1, 0.15) is 29.1 Å². The molecule has 1 atom stereocenters. The number of methoxy groups -OCH3 is 1. The van der Waals surface area contributed by atoms with Gasteiger partial charge in [-0.2, -0.15) is 0 Å². The van der Waals surface area contributed by atoms with Crippen molar-refractivity contribution in [2.75, 3.05) is 7.11 Å². The first kappa shape index (κ1) is 13.1. The van der Waals surface area contributed by atoms with E-state index >= 15 is 0 Å². The molecule has 1 aromatic carbocycles. The van der Waals surface area contributed by atoms with Crippen LogP contribution in [-0.4, -0.2) is 12.1 Å². The van der Waals surface area contributed by atoms with E-state index in [0.717, 1.165) is 27.6 Å². The molecule has 96 valence electrons. The lowest BCUT2D eigenvalue weighted by atomic mass is 10.0. The smallest absolute Gasteiger partial charge is 0.122 e. The number of thiazole rings is 1. The zero-order valence-electron chi connectivity index (χ0n) is 11.2. The van der Waals surface area contributed by atoms with Gasteiger partial charge in [-0.3, -0.25) is 0 Å². The molecule has 0 bridgehead atoms. The topological polar surface area (TPSA) is 48.1 Å². The fourth-order valence-electron chi connectivity index (χ4n) is 1.91. The molecule has 0 radical (unpaired) electrons. The van der Waals surface area contributed by atoms with Gasteiger partial charge in [0.1, 0.15) is 10.8 Å². The second-order valence-corrected chi connectivity index (χ2v) is 5.31. The molecule has 0 aliphatic rings. The lowest BCUT2D eigenvalue weighted by Gasteiger charge is -2.11. The minimum absolute atomic E-state index is 0.0107. The average Bonchev–Trinajstić information content (AvgIpc) is 2.82. The van der Waals surface area contributed by atoms with Gasteiger partial charge < -0.3 is 10.5 Å². The van der Waals surface area contributed by atoms with Crippen LogP contribution in [0.15, 0.2) is 17.5 Å². The van der Waals surface area contributed by atoms with Gasteiger partial charge in [-0.1, -0.05) is 0 Å². The minimum Gasteiger partial charge on any atom is -0.496 e. The molecule has 18 heavy (non-hydrogen) atoms. The molecule has 4 heteroatoms. The van der Waals surface area contributed by atoms with Gasteiger partial charge in [0, 0.05) is 10.9 Å². The van der Waals surface area contributed by atoms with Crippen LogP contribution in [-0.2, 0) is 0 Å². The summed E-state index contributed by atoms with van der Waals surface area (Å²) in [6.45, 7) is 6.11. The minimum atomic E-state index is -0.0107. The molecule has 1 aromatic heterocycles. The molecule has 0 amide bonds. The molecule has 0 aliphatic carbocycles. The van der Waals surface area contributed by atoms with Crippen LogP contribution < -0.4 is 10.5 Å². The Morgan fingerprint density at radius 1 is 1.28 bits per heavy atom. The van der Waals surface area contributed by atoms with Crippen LogP contribution >= 0.6 is 11.3 Å². The summed E-state index contributed by atoms with van der Waals surface area (Å²) in [5.41, 5.74) is 10.4. The highest BCUT2D eigenvalue weighted by Gasteiger charge is 2.12. The Morgan fingerprint density at radius 3 is 2.56 bits per heavy atom. The van der Waals surface area contributed by atoms with Crippen LogP contribution in [0.5, 0.6) is 5.75 Å². The van der Waals surface area contributed by atoms with Crippen molar-refractivity contribution in [1.29, 1.82) is 0 Å². The third-order valence-electron chi connectivity index (χ3n) is 3.14. The lowest BCUT2D eigenvalue weighted by Crippen LogP contribution is -2.04. The van der Waals surface area contributed by atoms with Crippen molar-refractivity contribution in [2.24, 2.45) is 5.73 Å². The van der Waals surface area contributed by atoms with Gasteiger partial charge in [0.25, 0.3) is 0 Å². The van der Waals surface area contributed by atoms with Crippen LogP contribution in [0, 0.1) is 13.8 Å². The first-order valence-electron chi connectivity index (χ1n) is 5.90. The van der Waals surface area contributed by atoms with Crippen molar-refractivity contribution >= 4 is 11.3 Å². The summed E-state index contributed by atoms with van der Waals surface area (Å²) in [6, 6.07) is 4.03.